The smallest absolute Gasteiger partial charge is 0.195 e. The Kier molecular flexibility index (Phi) is 5.11. The predicted octanol–water partition coefficient (Wildman–Crippen LogP) is 3.55. The van der Waals surface area contributed by atoms with E-state index in [2.05, 4.69) is 39.0 Å². The third-order valence-electron chi connectivity index (χ3n) is 3.59. The van der Waals surface area contributed by atoms with Gasteiger partial charge in [0.25, 0.3) is 0 Å². The average molecular weight is 321 g/mol. The van der Waals surface area contributed by atoms with Crippen LogP contribution in [0.4, 0.5) is 0 Å². The molecule has 1 aromatic carbocycles. The van der Waals surface area contributed by atoms with Crippen molar-refractivity contribution >= 4 is 24.0 Å². The van der Waals surface area contributed by atoms with E-state index in [1.165, 1.54) is 5.56 Å². The minimum absolute atomic E-state index is 0.284. The summed E-state index contributed by atoms with van der Waals surface area (Å²) in [6.45, 7) is 1.69. The number of nitrogens with zero attached hydrogens (tertiary/aromatic N) is 2. The third kappa shape index (κ3) is 3.96. The molecule has 0 aliphatic carbocycles. The molecule has 0 radical (unpaired) electrons. The van der Waals surface area contributed by atoms with Crippen molar-refractivity contribution in [3.63, 3.8) is 0 Å². The number of rotatable bonds is 6. The molecule has 0 spiro atoms. The summed E-state index contributed by atoms with van der Waals surface area (Å²) in [5, 5.41) is 7.27. The molecule has 0 amide bonds. The Balaban J connectivity index is 1.59. The maximum absolute atomic E-state index is 5.69. The molecule has 4 nitrogen and oxygen atoms in total. The normalized spacial score (nSPS) is 18.2. The second-order valence-electron chi connectivity index (χ2n) is 5.17. The highest BCUT2D eigenvalue weighted by Gasteiger charge is 2.18. The highest BCUT2D eigenvalue weighted by Crippen LogP contribution is 2.19. The summed E-state index contributed by atoms with van der Waals surface area (Å²) >= 11 is 7.19. The first kappa shape index (κ1) is 14.8. The molecule has 21 heavy (non-hydrogen) atoms. The fraction of sp³-hybridized carbons (Fsp3) is 0.467. The SMILES string of the molecule is S=c1[nH]nc(CSCc2ccccc2)n1C[C@@H]1CCCO1. The van der Waals surface area contributed by atoms with Gasteiger partial charge in [0.2, 0.25) is 0 Å². The van der Waals surface area contributed by atoms with Crippen LogP contribution < -0.4 is 0 Å². The lowest BCUT2D eigenvalue weighted by Crippen LogP contribution is -2.17. The van der Waals surface area contributed by atoms with Gasteiger partial charge in [0.1, 0.15) is 5.82 Å². The molecule has 1 aliphatic heterocycles. The fourth-order valence-electron chi connectivity index (χ4n) is 2.48. The van der Waals surface area contributed by atoms with Gasteiger partial charge in [-0.25, -0.2) is 0 Å². The van der Waals surface area contributed by atoms with Crippen LogP contribution in [0.1, 0.15) is 24.2 Å². The Bertz CT molecular complexity index is 617. The van der Waals surface area contributed by atoms with Crippen LogP contribution in [0.15, 0.2) is 30.3 Å². The van der Waals surface area contributed by atoms with Gasteiger partial charge in [0.05, 0.1) is 18.4 Å². The number of benzene rings is 1. The van der Waals surface area contributed by atoms with Gasteiger partial charge in [-0.05, 0) is 30.6 Å². The Morgan fingerprint density at radius 3 is 2.95 bits per heavy atom. The van der Waals surface area contributed by atoms with Gasteiger partial charge in [0, 0.05) is 12.4 Å². The second kappa shape index (κ2) is 7.24. The number of H-pyrrole nitrogens is 1. The van der Waals surface area contributed by atoms with Crippen LogP contribution in [-0.2, 0) is 22.8 Å². The molecule has 1 fully saturated rings. The van der Waals surface area contributed by atoms with Crippen LogP contribution in [0.3, 0.4) is 0 Å². The van der Waals surface area contributed by atoms with Crippen molar-refractivity contribution in [2.75, 3.05) is 6.61 Å². The summed E-state index contributed by atoms with van der Waals surface area (Å²) in [4.78, 5) is 0. The van der Waals surface area contributed by atoms with Crippen LogP contribution in [0.2, 0.25) is 0 Å². The van der Waals surface area contributed by atoms with E-state index < -0.39 is 0 Å². The number of aromatic amines is 1. The quantitative estimate of drug-likeness (QED) is 0.826. The van der Waals surface area contributed by atoms with Crippen molar-refractivity contribution in [2.45, 2.75) is 37.0 Å². The third-order valence-corrected chi connectivity index (χ3v) is 4.90. The van der Waals surface area contributed by atoms with Crippen LogP contribution in [-0.4, -0.2) is 27.5 Å². The minimum atomic E-state index is 0.284. The lowest BCUT2D eigenvalue weighted by Gasteiger charge is -2.12. The van der Waals surface area contributed by atoms with Gasteiger partial charge in [-0.2, -0.15) is 5.10 Å². The van der Waals surface area contributed by atoms with E-state index in [1.54, 1.807) is 0 Å². The van der Waals surface area contributed by atoms with Crippen LogP contribution in [0.5, 0.6) is 0 Å². The predicted molar refractivity (Wildman–Crippen MR) is 87.8 cm³/mol. The lowest BCUT2D eigenvalue weighted by molar-refractivity contribution is 0.0960. The first-order chi connectivity index (χ1) is 10.3. The molecule has 6 heteroatoms. The van der Waals surface area contributed by atoms with E-state index in [4.69, 9.17) is 17.0 Å². The summed E-state index contributed by atoms with van der Waals surface area (Å²) in [6, 6.07) is 10.5. The number of ether oxygens (including phenoxy) is 1. The van der Waals surface area contributed by atoms with Gasteiger partial charge in [0.15, 0.2) is 4.77 Å². The van der Waals surface area contributed by atoms with Crippen molar-refractivity contribution in [1.29, 1.82) is 0 Å². The fourth-order valence-corrected chi connectivity index (χ4v) is 3.63. The maximum atomic E-state index is 5.69. The molecule has 112 valence electrons. The second-order valence-corrected chi connectivity index (χ2v) is 6.54. The molecule has 1 atom stereocenters. The van der Waals surface area contributed by atoms with Gasteiger partial charge in [-0.1, -0.05) is 30.3 Å². The number of hydrogen-bond donors (Lipinski definition) is 1. The number of thioether (sulfide) groups is 1. The molecule has 3 rings (SSSR count). The van der Waals surface area contributed by atoms with E-state index in [0.29, 0.717) is 4.77 Å². The molecule has 1 N–H and O–H groups in total. The summed E-state index contributed by atoms with van der Waals surface area (Å²) < 4.78 is 8.48. The van der Waals surface area contributed by atoms with Crippen LogP contribution in [0.25, 0.3) is 0 Å². The standard InChI is InChI=1S/C15H19N3OS2/c20-15-17-16-14(18(15)9-13-7-4-8-19-13)11-21-10-12-5-2-1-3-6-12/h1-3,5-6,13H,4,7-11H2,(H,17,20)/t13-/m0/s1. The molecule has 0 bridgehead atoms. The maximum Gasteiger partial charge on any atom is 0.195 e. The molecule has 0 saturated carbocycles. The minimum Gasteiger partial charge on any atom is -0.376 e. The Hall–Kier alpha value is -1.11. The topological polar surface area (TPSA) is 42.8 Å². The lowest BCUT2D eigenvalue weighted by atomic mass is 10.2. The largest absolute Gasteiger partial charge is 0.376 e. The zero-order valence-corrected chi connectivity index (χ0v) is 13.5. The van der Waals surface area contributed by atoms with Crippen molar-refractivity contribution < 1.29 is 4.74 Å². The van der Waals surface area contributed by atoms with E-state index in [-0.39, 0.29) is 6.10 Å². The van der Waals surface area contributed by atoms with E-state index >= 15 is 0 Å². The first-order valence-electron chi connectivity index (χ1n) is 7.20. The molecule has 1 saturated heterocycles. The molecular formula is C15H19N3OS2. The molecule has 2 heterocycles. The average Bonchev–Trinajstić information content (AvgIpc) is 3.13. The highest BCUT2D eigenvalue weighted by atomic mass is 32.2. The van der Waals surface area contributed by atoms with Crippen molar-refractivity contribution in [1.82, 2.24) is 14.8 Å². The Labute approximate surface area is 133 Å². The van der Waals surface area contributed by atoms with Gasteiger partial charge in [-0.15, -0.1) is 11.8 Å². The zero-order valence-electron chi connectivity index (χ0n) is 11.8. The highest BCUT2D eigenvalue weighted by molar-refractivity contribution is 7.97. The Morgan fingerprint density at radius 2 is 2.19 bits per heavy atom. The summed E-state index contributed by atoms with van der Waals surface area (Å²) in [5.74, 6) is 2.85. The van der Waals surface area contributed by atoms with Crippen LogP contribution >= 0.6 is 24.0 Å². The van der Waals surface area contributed by atoms with Crippen molar-refractivity contribution in [2.24, 2.45) is 0 Å². The summed E-state index contributed by atoms with van der Waals surface area (Å²) in [6.07, 6.45) is 2.55. The molecule has 1 aromatic heterocycles. The monoisotopic (exact) mass is 321 g/mol. The van der Waals surface area contributed by atoms with Gasteiger partial charge >= 0.3 is 0 Å². The number of aromatic nitrogens is 3. The Morgan fingerprint density at radius 1 is 1.33 bits per heavy atom. The first-order valence-corrected chi connectivity index (χ1v) is 8.76. The zero-order chi connectivity index (χ0) is 14.5. The molecule has 1 aliphatic rings. The van der Waals surface area contributed by atoms with Crippen molar-refractivity contribution in [3.8, 4) is 0 Å². The summed E-state index contributed by atoms with van der Waals surface area (Å²) in [5.41, 5.74) is 1.34. The van der Waals surface area contributed by atoms with Gasteiger partial charge in [-0.3, -0.25) is 5.10 Å². The van der Waals surface area contributed by atoms with E-state index in [9.17, 15) is 0 Å². The number of nitrogens with one attached hydrogen (secondary N) is 1. The van der Waals surface area contributed by atoms with E-state index in [1.807, 2.05) is 17.8 Å². The molecule has 2 aromatic rings. The van der Waals surface area contributed by atoms with Gasteiger partial charge < -0.3 is 9.30 Å². The van der Waals surface area contributed by atoms with E-state index in [0.717, 1.165) is 43.3 Å². The molecular weight excluding hydrogens is 302 g/mol. The summed E-state index contributed by atoms with van der Waals surface area (Å²) in [7, 11) is 0. The van der Waals surface area contributed by atoms with Crippen LogP contribution in [0, 0.1) is 4.77 Å². The number of hydrogen-bond acceptors (Lipinski definition) is 4. The molecule has 0 unspecified atom stereocenters. The van der Waals surface area contributed by atoms with Crippen molar-refractivity contribution in [3.05, 3.63) is 46.5 Å².